The maximum atomic E-state index is 11.9. The SMILES string of the molecule is O=C(NCCCn1ccnn1)c1cc([N+](=O)[O-])ccc1Cl. The van der Waals surface area contributed by atoms with Gasteiger partial charge in [0.25, 0.3) is 11.6 Å². The molecule has 0 fully saturated rings. The third-order valence-electron chi connectivity index (χ3n) is 2.73. The lowest BCUT2D eigenvalue weighted by atomic mass is 10.2. The molecule has 8 nitrogen and oxygen atoms in total. The molecule has 0 bridgehead atoms. The Balaban J connectivity index is 1.90. The molecule has 1 heterocycles. The monoisotopic (exact) mass is 309 g/mol. The van der Waals surface area contributed by atoms with Crippen molar-refractivity contribution in [1.82, 2.24) is 20.3 Å². The number of nitrogens with zero attached hydrogens (tertiary/aromatic N) is 4. The van der Waals surface area contributed by atoms with E-state index >= 15 is 0 Å². The summed E-state index contributed by atoms with van der Waals surface area (Å²) in [4.78, 5) is 22.1. The zero-order valence-corrected chi connectivity index (χ0v) is 11.7. The third-order valence-corrected chi connectivity index (χ3v) is 3.06. The van der Waals surface area contributed by atoms with Gasteiger partial charge in [-0.25, -0.2) is 0 Å². The van der Waals surface area contributed by atoms with Crippen molar-refractivity contribution in [1.29, 1.82) is 0 Å². The van der Waals surface area contributed by atoms with E-state index in [0.29, 0.717) is 19.5 Å². The molecule has 0 aliphatic carbocycles. The van der Waals surface area contributed by atoms with Gasteiger partial charge in [0.2, 0.25) is 0 Å². The minimum Gasteiger partial charge on any atom is -0.352 e. The molecule has 2 aromatic rings. The van der Waals surface area contributed by atoms with Gasteiger partial charge in [-0.3, -0.25) is 19.6 Å². The molecule has 2 rings (SSSR count). The molecule has 0 spiro atoms. The van der Waals surface area contributed by atoms with Crippen molar-refractivity contribution in [3.05, 3.63) is 51.3 Å². The number of nitro groups is 1. The van der Waals surface area contributed by atoms with Gasteiger partial charge < -0.3 is 5.32 Å². The zero-order chi connectivity index (χ0) is 15.2. The molecular weight excluding hydrogens is 298 g/mol. The fourth-order valence-corrected chi connectivity index (χ4v) is 1.89. The minimum atomic E-state index is -0.572. The number of halogens is 1. The van der Waals surface area contributed by atoms with Gasteiger partial charge in [-0.1, -0.05) is 16.8 Å². The van der Waals surface area contributed by atoms with Gasteiger partial charge in [0, 0.05) is 31.4 Å². The Morgan fingerprint density at radius 3 is 2.95 bits per heavy atom. The number of nitrogens with one attached hydrogen (secondary N) is 1. The van der Waals surface area contributed by atoms with Crippen LogP contribution < -0.4 is 5.32 Å². The van der Waals surface area contributed by atoms with E-state index in [9.17, 15) is 14.9 Å². The Labute approximate surface area is 124 Å². The summed E-state index contributed by atoms with van der Waals surface area (Å²) >= 11 is 5.88. The molecule has 0 radical (unpaired) electrons. The first kappa shape index (κ1) is 14.9. The summed E-state index contributed by atoms with van der Waals surface area (Å²) < 4.78 is 1.65. The lowest BCUT2D eigenvalue weighted by Gasteiger charge is -2.06. The first-order valence-corrected chi connectivity index (χ1v) is 6.52. The van der Waals surface area contributed by atoms with Crippen molar-refractivity contribution < 1.29 is 9.72 Å². The van der Waals surface area contributed by atoms with E-state index in [1.165, 1.54) is 12.1 Å². The van der Waals surface area contributed by atoms with Crippen LogP contribution in [0.25, 0.3) is 0 Å². The maximum Gasteiger partial charge on any atom is 0.270 e. The summed E-state index contributed by atoms with van der Waals surface area (Å²) in [6, 6.07) is 3.75. The van der Waals surface area contributed by atoms with Crippen molar-refractivity contribution in [2.75, 3.05) is 6.54 Å². The average Bonchev–Trinajstić information content (AvgIpc) is 2.96. The molecule has 0 saturated heterocycles. The molecule has 0 saturated carbocycles. The molecule has 110 valence electrons. The van der Waals surface area contributed by atoms with Crippen LogP contribution in [-0.4, -0.2) is 32.4 Å². The van der Waals surface area contributed by atoms with Crippen LogP contribution in [0.2, 0.25) is 5.02 Å². The Morgan fingerprint density at radius 1 is 1.48 bits per heavy atom. The molecule has 21 heavy (non-hydrogen) atoms. The number of aryl methyl sites for hydroxylation is 1. The number of aromatic nitrogens is 3. The number of hydrogen-bond donors (Lipinski definition) is 1. The fraction of sp³-hybridized carbons (Fsp3) is 0.250. The van der Waals surface area contributed by atoms with Crippen LogP contribution in [0, 0.1) is 10.1 Å². The third kappa shape index (κ3) is 3.99. The van der Waals surface area contributed by atoms with Gasteiger partial charge in [0.05, 0.1) is 21.7 Å². The van der Waals surface area contributed by atoms with Crippen LogP contribution in [0.1, 0.15) is 16.8 Å². The molecule has 1 amide bonds. The number of hydrogen-bond acceptors (Lipinski definition) is 5. The molecule has 0 aliphatic rings. The molecule has 1 N–H and O–H groups in total. The number of nitro benzene ring substituents is 1. The lowest BCUT2D eigenvalue weighted by Crippen LogP contribution is -2.25. The number of benzene rings is 1. The molecule has 0 unspecified atom stereocenters. The molecule has 0 atom stereocenters. The molecule has 1 aromatic heterocycles. The van der Waals surface area contributed by atoms with E-state index < -0.39 is 10.8 Å². The highest BCUT2D eigenvalue weighted by atomic mass is 35.5. The van der Waals surface area contributed by atoms with E-state index in [1.54, 1.807) is 17.1 Å². The number of carbonyl (C=O) groups is 1. The van der Waals surface area contributed by atoms with Gasteiger partial charge in [-0.15, -0.1) is 5.10 Å². The summed E-state index contributed by atoms with van der Waals surface area (Å²) in [5, 5.41) is 21.0. The highest BCUT2D eigenvalue weighted by molar-refractivity contribution is 6.33. The number of amides is 1. The van der Waals surface area contributed by atoms with E-state index in [0.717, 1.165) is 6.07 Å². The van der Waals surface area contributed by atoms with Crippen molar-refractivity contribution in [3.8, 4) is 0 Å². The highest BCUT2D eigenvalue weighted by Gasteiger charge is 2.15. The Hall–Kier alpha value is -2.48. The molecule has 0 aliphatic heterocycles. The zero-order valence-electron chi connectivity index (χ0n) is 10.9. The standard InChI is InChI=1S/C12H12ClN5O3/c13-11-3-2-9(18(20)21)8-10(11)12(19)14-4-1-6-17-7-5-15-16-17/h2-3,5,7-8H,1,4,6H2,(H,14,19). The number of non-ortho nitro benzene ring substituents is 1. The molecule has 1 aromatic carbocycles. The normalized spacial score (nSPS) is 10.3. The van der Waals surface area contributed by atoms with E-state index in [2.05, 4.69) is 15.6 Å². The fourth-order valence-electron chi connectivity index (χ4n) is 1.69. The smallest absolute Gasteiger partial charge is 0.270 e. The second-order valence-electron chi connectivity index (χ2n) is 4.20. The Morgan fingerprint density at radius 2 is 2.29 bits per heavy atom. The Kier molecular flexibility index (Phi) is 4.83. The van der Waals surface area contributed by atoms with Crippen molar-refractivity contribution in [3.63, 3.8) is 0 Å². The van der Waals surface area contributed by atoms with Crippen LogP contribution in [-0.2, 0) is 6.54 Å². The van der Waals surface area contributed by atoms with E-state index in [4.69, 9.17) is 11.6 Å². The summed E-state index contributed by atoms with van der Waals surface area (Å²) in [6.45, 7) is 1.01. The lowest BCUT2D eigenvalue weighted by molar-refractivity contribution is -0.384. The average molecular weight is 310 g/mol. The van der Waals surface area contributed by atoms with Crippen LogP contribution >= 0.6 is 11.6 Å². The van der Waals surface area contributed by atoms with Gasteiger partial charge >= 0.3 is 0 Å². The van der Waals surface area contributed by atoms with Gasteiger partial charge in [0.1, 0.15) is 0 Å². The highest BCUT2D eigenvalue weighted by Crippen LogP contribution is 2.21. The molecular formula is C12H12ClN5O3. The maximum absolute atomic E-state index is 11.9. The van der Waals surface area contributed by atoms with Crippen molar-refractivity contribution in [2.45, 2.75) is 13.0 Å². The van der Waals surface area contributed by atoms with E-state index in [1.807, 2.05) is 0 Å². The van der Waals surface area contributed by atoms with Gasteiger partial charge in [-0.05, 0) is 12.5 Å². The van der Waals surface area contributed by atoms with Crippen molar-refractivity contribution >= 4 is 23.2 Å². The molecule has 9 heteroatoms. The Bertz CT molecular complexity index is 644. The van der Waals surface area contributed by atoms with Crippen LogP contribution in [0.5, 0.6) is 0 Å². The summed E-state index contributed by atoms with van der Waals surface area (Å²) in [7, 11) is 0. The minimum absolute atomic E-state index is 0.0895. The van der Waals surface area contributed by atoms with Crippen LogP contribution in [0.15, 0.2) is 30.6 Å². The second kappa shape index (κ2) is 6.80. The topological polar surface area (TPSA) is 103 Å². The predicted octanol–water partition coefficient (Wildman–Crippen LogP) is 1.66. The van der Waals surface area contributed by atoms with Gasteiger partial charge in [-0.2, -0.15) is 0 Å². The number of carbonyl (C=O) groups excluding carboxylic acids is 1. The predicted molar refractivity (Wildman–Crippen MR) is 75.1 cm³/mol. The van der Waals surface area contributed by atoms with E-state index in [-0.39, 0.29) is 16.3 Å². The summed E-state index contributed by atoms with van der Waals surface area (Å²) in [5.74, 6) is -0.442. The second-order valence-corrected chi connectivity index (χ2v) is 4.60. The first-order valence-electron chi connectivity index (χ1n) is 6.14. The van der Waals surface area contributed by atoms with Crippen LogP contribution in [0.4, 0.5) is 5.69 Å². The van der Waals surface area contributed by atoms with Crippen molar-refractivity contribution in [2.24, 2.45) is 0 Å². The first-order chi connectivity index (χ1) is 10.1. The largest absolute Gasteiger partial charge is 0.352 e. The van der Waals surface area contributed by atoms with Crippen LogP contribution in [0.3, 0.4) is 0 Å². The number of rotatable bonds is 6. The van der Waals surface area contributed by atoms with Gasteiger partial charge in [0.15, 0.2) is 0 Å². The quantitative estimate of drug-likeness (QED) is 0.496. The summed E-state index contributed by atoms with van der Waals surface area (Å²) in [6.07, 6.45) is 3.95. The summed E-state index contributed by atoms with van der Waals surface area (Å²) in [5.41, 5.74) is -0.0845.